The molecule has 0 aliphatic heterocycles. The number of aliphatic hydroxyl groups excluding tert-OH is 1. The fourth-order valence-electron chi connectivity index (χ4n) is 1.24. The summed E-state index contributed by atoms with van der Waals surface area (Å²) in [7, 11) is 0. The predicted octanol–water partition coefficient (Wildman–Crippen LogP) is 1.01. The van der Waals surface area contributed by atoms with E-state index in [1.165, 1.54) is 6.07 Å². The van der Waals surface area contributed by atoms with E-state index in [9.17, 15) is 8.78 Å². The first-order valence-electron chi connectivity index (χ1n) is 4.77. The topological polar surface area (TPSA) is 85.2 Å². The first-order chi connectivity index (χ1) is 8.11. The number of nitrogens with two attached hydrogens (primary N) is 1. The van der Waals surface area contributed by atoms with Gasteiger partial charge in [-0.15, -0.1) is 0 Å². The molecular formula is C10H9F2N3O2. The van der Waals surface area contributed by atoms with Crippen LogP contribution in [0.25, 0.3) is 11.5 Å². The van der Waals surface area contributed by atoms with Gasteiger partial charge in [0.1, 0.15) is 11.6 Å². The van der Waals surface area contributed by atoms with E-state index in [4.69, 9.17) is 15.4 Å². The molecule has 0 aliphatic rings. The van der Waals surface area contributed by atoms with Crippen LogP contribution in [0.5, 0.6) is 0 Å². The van der Waals surface area contributed by atoms with E-state index in [1.54, 1.807) is 0 Å². The molecule has 3 N–H and O–H groups in total. The fraction of sp³-hybridized carbons (Fsp3) is 0.200. The predicted molar refractivity (Wildman–Crippen MR) is 53.7 cm³/mol. The Morgan fingerprint density at radius 3 is 2.82 bits per heavy atom. The highest BCUT2D eigenvalue weighted by atomic mass is 19.1. The van der Waals surface area contributed by atoms with Gasteiger partial charge in [0.15, 0.2) is 5.82 Å². The summed E-state index contributed by atoms with van der Waals surface area (Å²) < 4.78 is 30.9. The van der Waals surface area contributed by atoms with E-state index >= 15 is 0 Å². The lowest BCUT2D eigenvalue weighted by molar-refractivity contribution is 0.260. The van der Waals surface area contributed by atoms with Gasteiger partial charge in [0.25, 0.3) is 5.89 Å². The monoisotopic (exact) mass is 241 g/mol. The van der Waals surface area contributed by atoms with Crippen molar-refractivity contribution in [2.24, 2.45) is 5.73 Å². The molecule has 1 atom stereocenters. The van der Waals surface area contributed by atoms with Crippen molar-refractivity contribution in [2.45, 2.75) is 6.04 Å². The molecule has 5 nitrogen and oxygen atoms in total. The molecule has 0 bridgehead atoms. The molecule has 2 rings (SSSR count). The zero-order valence-corrected chi connectivity index (χ0v) is 8.60. The number of rotatable bonds is 3. The molecule has 17 heavy (non-hydrogen) atoms. The number of halogens is 2. The minimum absolute atomic E-state index is 0.0183. The average molecular weight is 241 g/mol. The second kappa shape index (κ2) is 4.56. The molecule has 0 amide bonds. The van der Waals surface area contributed by atoms with Gasteiger partial charge in [-0.05, 0) is 12.1 Å². The van der Waals surface area contributed by atoms with Crippen LogP contribution in [0.15, 0.2) is 22.7 Å². The first-order valence-corrected chi connectivity index (χ1v) is 4.77. The van der Waals surface area contributed by atoms with Crippen LogP contribution in [-0.2, 0) is 0 Å². The van der Waals surface area contributed by atoms with Crippen molar-refractivity contribution in [3.05, 3.63) is 35.7 Å². The third kappa shape index (κ3) is 2.29. The van der Waals surface area contributed by atoms with Gasteiger partial charge in [-0.1, -0.05) is 5.16 Å². The summed E-state index contributed by atoms with van der Waals surface area (Å²) in [5.74, 6) is -1.55. The number of nitrogens with zero attached hydrogens (tertiary/aromatic N) is 2. The summed E-state index contributed by atoms with van der Waals surface area (Å²) >= 11 is 0. The highest BCUT2D eigenvalue weighted by molar-refractivity contribution is 5.53. The molecule has 2 aromatic rings. The molecule has 1 aromatic heterocycles. The Kier molecular flexibility index (Phi) is 3.12. The molecule has 7 heteroatoms. The maximum absolute atomic E-state index is 13.4. The van der Waals surface area contributed by atoms with Gasteiger partial charge in [0.2, 0.25) is 0 Å². The van der Waals surface area contributed by atoms with Crippen LogP contribution in [0.4, 0.5) is 8.78 Å². The Bertz CT molecular complexity index is 530. The lowest BCUT2D eigenvalue weighted by Crippen LogP contribution is -2.15. The van der Waals surface area contributed by atoms with Gasteiger partial charge in [0.05, 0.1) is 18.2 Å². The Balaban J connectivity index is 2.37. The minimum atomic E-state index is -0.808. The van der Waals surface area contributed by atoms with Crippen LogP contribution in [0.3, 0.4) is 0 Å². The molecule has 1 unspecified atom stereocenters. The number of hydrogen-bond acceptors (Lipinski definition) is 5. The van der Waals surface area contributed by atoms with Gasteiger partial charge in [0, 0.05) is 6.07 Å². The normalized spacial score (nSPS) is 12.7. The van der Waals surface area contributed by atoms with Crippen molar-refractivity contribution in [1.82, 2.24) is 10.1 Å². The van der Waals surface area contributed by atoms with Gasteiger partial charge in [-0.2, -0.15) is 4.98 Å². The van der Waals surface area contributed by atoms with Crippen molar-refractivity contribution in [3.8, 4) is 11.5 Å². The summed E-state index contributed by atoms with van der Waals surface area (Å²) in [4.78, 5) is 3.82. The largest absolute Gasteiger partial charge is 0.394 e. The fourth-order valence-corrected chi connectivity index (χ4v) is 1.24. The van der Waals surface area contributed by atoms with Crippen LogP contribution in [0, 0.1) is 11.6 Å². The molecular weight excluding hydrogens is 232 g/mol. The third-order valence-electron chi connectivity index (χ3n) is 2.13. The second-order valence-electron chi connectivity index (χ2n) is 3.37. The van der Waals surface area contributed by atoms with E-state index in [0.717, 1.165) is 6.07 Å². The standard InChI is InChI=1S/C10H9F2N3O2/c11-5-1-2-6(7(12)3-5)10-14-9(15-17-10)8(13)4-16/h1-3,8,16H,4,13H2. The summed E-state index contributed by atoms with van der Waals surface area (Å²) in [6.45, 7) is -0.356. The Hall–Kier alpha value is -1.86. The third-order valence-corrected chi connectivity index (χ3v) is 2.13. The summed E-state index contributed by atoms with van der Waals surface area (Å²) in [5, 5.41) is 12.3. The average Bonchev–Trinajstić information content (AvgIpc) is 2.77. The molecule has 0 saturated heterocycles. The molecule has 1 heterocycles. The highest BCUT2D eigenvalue weighted by Crippen LogP contribution is 2.22. The van der Waals surface area contributed by atoms with Crippen LogP contribution in [0.2, 0.25) is 0 Å². The highest BCUT2D eigenvalue weighted by Gasteiger charge is 2.17. The molecule has 0 aliphatic carbocycles. The molecule has 0 radical (unpaired) electrons. The van der Waals surface area contributed by atoms with E-state index in [1.807, 2.05) is 0 Å². The maximum Gasteiger partial charge on any atom is 0.260 e. The van der Waals surface area contributed by atoms with E-state index in [0.29, 0.717) is 6.07 Å². The first kappa shape index (κ1) is 11.6. The van der Waals surface area contributed by atoms with Crippen molar-refractivity contribution in [3.63, 3.8) is 0 Å². The maximum atomic E-state index is 13.4. The second-order valence-corrected chi connectivity index (χ2v) is 3.37. The quantitative estimate of drug-likeness (QED) is 0.837. The van der Waals surface area contributed by atoms with Gasteiger partial charge in [-0.25, -0.2) is 8.78 Å². The Labute approximate surface area is 94.9 Å². The van der Waals surface area contributed by atoms with E-state index in [-0.39, 0.29) is 23.9 Å². The van der Waals surface area contributed by atoms with Crippen molar-refractivity contribution >= 4 is 0 Å². The summed E-state index contributed by atoms with van der Waals surface area (Å²) in [6, 6.07) is 2.18. The van der Waals surface area contributed by atoms with E-state index < -0.39 is 17.7 Å². The molecule has 0 fully saturated rings. The Morgan fingerprint density at radius 2 is 2.18 bits per heavy atom. The molecule has 0 saturated carbocycles. The van der Waals surface area contributed by atoms with Crippen LogP contribution < -0.4 is 5.73 Å². The molecule has 90 valence electrons. The van der Waals surface area contributed by atoms with Crippen LogP contribution in [0.1, 0.15) is 11.9 Å². The summed E-state index contributed by atoms with van der Waals surface area (Å²) in [6.07, 6.45) is 0. The number of benzene rings is 1. The molecule has 0 spiro atoms. The van der Waals surface area contributed by atoms with Crippen LogP contribution in [-0.4, -0.2) is 21.9 Å². The van der Waals surface area contributed by atoms with Gasteiger partial charge < -0.3 is 15.4 Å². The number of hydrogen-bond donors (Lipinski definition) is 2. The smallest absolute Gasteiger partial charge is 0.260 e. The number of aromatic nitrogens is 2. The van der Waals surface area contributed by atoms with Crippen molar-refractivity contribution in [1.29, 1.82) is 0 Å². The van der Waals surface area contributed by atoms with Gasteiger partial charge in [-0.3, -0.25) is 0 Å². The number of aliphatic hydroxyl groups is 1. The molecule has 1 aromatic carbocycles. The van der Waals surface area contributed by atoms with E-state index in [2.05, 4.69) is 10.1 Å². The zero-order valence-electron chi connectivity index (χ0n) is 8.60. The SMILES string of the molecule is NC(CO)c1noc(-c2ccc(F)cc2F)n1. The lowest BCUT2D eigenvalue weighted by atomic mass is 10.2. The van der Waals surface area contributed by atoms with Crippen molar-refractivity contribution < 1.29 is 18.4 Å². The van der Waals surface area contributed by atoms with Gasteiger partial charge >= 0.3 is 0 Å². The zero-order chi connectivity index (χ0) is 12.4. The minimum Gasteiger partial charge on any atom is -0.394 e. The van der Waals surface area contributed by atoms with Crippen molar-refractivity contribution in [2.75, 3.05) is 6.61 Å². The lowest BCUT2D eigenvalue weighted by Gasteiger charge is -1.99. The Morgan fingerprint density at radius 1 is 1.41 bits per heavy atom. The summed E-state index contributed by atoms with van der Waals surface area (Å²) in [5.41, 5.74) is 5.44. The van der Waals surface area contributed by atoms with Crippen LogP contribution >= 0.6 is 0 Å².